The third-order valence-corrected chi connectivity index (χ3v) is 6.13. The van der Waals surface area contributed by atoms with Crippen LogP contribution < -0.4 is 10.6 Å². The molecule has 0 heterocycles. The molecule has 32 heavy (non-hydrogen) atoms. The van der Waals surface area contributed by atoms with Crippen molar-refractivity contribution in [3.8, 4) is 11.1 Å². The summed E-state index contributed by atoms with van der Waals surface area (Å²) in [4.78, 5) is 25.2. The molecule has 3 rings (SSSR count). The summed E-state index contributed by atoms with van der Waals surface area (Å²) in [5, 5.41) is 5.77. The molecule has 0 spiro atoms. The lowest BCUT2D eigenvalue weighted by Gasteiger charge is -2.19. The molecule has 0 saturated carbocycles. The maximum atomic E-state index is 12.6. The number of hydrogen-bond acceptors (Lipinski definition) is 3. The van der Waals surface area contributed by atoms with Gasteiger partial charge in [-0.15, -0.1) is 0 Å². The van der Waals surface area contributed by atoms with Crippen LogP contribution in [-0.4, -0.2) is 31.2 Å². The van der Waals surface area contributed by atoms with Gasteiger partial charge in [0, 0.05) is 12.5 Å². The van der Waals surface area contributed by atoms with Crippen molar-refractivity contribution in [1.82, 2.24) is 10.6 Å². The quantitative estimate of drug-likeness (QED) is 0.414. The Morgan fingerprint density at radius 1 is 0.875 bits per heavy atom. The minimum Gasteiger partial charge on any atom is -0.449 e. The molecule has 2 amide bonds. The highest BCUT2D eigenvalue weighted by Gasteiger charge is 2.29. The lowest BCUT2D eigenvalue weighted by molar-refractivity contribution is -0.123. The van der Waals surface area contributed by atoms with Crippen LogP contribution in [-0.2, 0) is 9.53 Å². The molecule has 0 aliphatic heterocycles. The van der Waals surface area contributed by atoms with E-state index in [9.17, 15) is 9.59 Å². The third kappa shape index (κ3) is 6.12. The third-order valence-electron chi connectivity index (χ3n) is 6.13. The molecule has 2 aromatic carbocycles. The second-order valence-corrected chi connectivity index (χ2v) is 8.52. The predicted octanol–water partition coefficient (Wildman–Crippen LogP) is 5.78. The van der Waals surface area contributed by atoms with Crippen LogP contribution >= 0.6 is 0 Å². The minimum absolute atomic E-state index is 0.00892. The molecule has 1 atom stereocenters. The van der Waals surface area contributed by atoms with Gasteiger partial charge in [-0.05, 0) is 35.1 Å². The Morgan fingerprint density at radius 3 is 2.12 bits per heavy atom. The van der Waals surface area contributed by atoms with Gasteiger partial charge < -0.3 is 15.4 Å². The Morgan fingerprint density at radius 2 is 1.50 bits per heavy atom. The summed E-state index contributed by atoms with van der Waals surface area (Å²) in [5.41, 5.74) is 4.74. The second kappa shape index (κ2) is 12.3. The molecule has 0 aromatic heterocycles. The first-order valence-corrected chi connectivity index (χ1v) is 12.0. The van der Waals surface area contributed by atoms with E-state index < -0.39 is 12.1 Å². The zero-order valence-electron chi connectivity index (χ0n) is 19.4. The fourth-order valence-corrected chi connectivity index (χ4v) is 4.35. The molecular weight excluding hydrogens is 400 g/mol. The van der Waals surface area contributed by atoms with E-state index in [1.54, 1.807) is 0 Å². The van der Waals surface area contributed by atoms with Gasteiger partial charge >= 0.3 is 6.09 Å². The first-order valence-electron chi connectivity index (χ1n) is 12.0. The summed E-state index contributed by atoms with van der Waals surface area (Å²) < 4.78 is 5.63. The summed E-state index contributed by atoms with van der Waals surface area (Å²) in [6.45, 7) is 5.14. The number of rotatable bonds is 12. The van der Waals surface area contributed by atoms with Gasteiger partial charge in [-0.2, -0.15) is 0 Å². The van der Waals surface area contributed by atoms with Crippen LogP contribution in [0, 0.1) is 0 Å². The summed E-state index contributed by atoms with van der Waals surface area (Å²) in [6, 6.07) is 16.0. The molecular formula is C27H36N2O3. The number of amides is 2. The lowest BCUT2D eigenvalue weighted by Crippen LogP contribution is -2.47. The second-order valence-electron chi connectivity index (χ2n) is 8.52. The maximum absolute atomic E-state index is 12.6. The van der Waals surface area contributed by atoms with Crippen LogP contribution in [0.1, 0.15) is 75.8 Å². The van der Waals surface area contributed by atoms with E-state index in [1.165, 1.54) is 28.7 Å². The minimum atomic E-state index is -0.559. The van der Waals surface area contributed by atoms with E-state index in [0.717, 1.165) is 32.1 Å². The van der Waals surface area contributed by atoms with Gasteiger partial charge in [0.2, 0.25) is 5.91 Å². The molecule has 1 aliphatic carbocycles. The summed E-state index contributed by atoms with van der Waals surface area (Å²) in [5.74, 6) is -0.113. The molecule has 5 nitrogen and oxygen atoms in total. The number of unbranched alkanes of at least 4 members (excludes halogenated alkanes) is 4. The molecule has 0 unspecified atom stereocenters. The number of hydrogen-bond donors (Lipinski definition) is 2. The largest absolute Gasteiger partial charge is 0.449 e. The fraction of sp³-hybridized carbons (Fsp3) is 0.481. The summed E-state index contributed by atoms with van der Waals surface area (Å²) in [6.07, 6.45) is 6.32. The Kier molecular flexibility index (Phi) is 9.14. The van der Waals surface area contributed by atoms with Crippen LogP contribution in [0.15, 0.2) is 48.5 Å². The van der Waals surface area contributed by atoms with Crippen LogP contribution in [0.25, 0.3) is 11.1 Å². The van der Waals surface area contributed by atoms with Crippen molar-refractivity contribution in [2.45, 2.75) is 70.8 Å². The van der Waals surface area contributed by atoms with Crippen molar-refractivity contribution in [1.29, 1.82) is 0 Å². The number of benzene rings is 2. The van der Waals surface area contributed by atoms with Crippen LogP contribution in [0.4, 0.5) is 4.79 Å². The van der Waals surface area contributed by atoms with Gasteiger partial charge in [-0.1, -0.05) is 94.5 Å². The van der Waals surface area contributed by atoms with E-state index in [-0.39, 0.29) is 18.4 Å². The molecule has 2 aromatic rings. The number of fused-ring (bicyclic) bond motifs is 3. The van der Waals surface area contributed by atoms with Gasteiger partial charge in [0.15, 0.2) is 0 Å². The highest BCUT2D eigenvalue weighted by Crippen LogP contribution is 2.44. The zero-order valence-corrected chi connectivity index (χ0v) is 19.4. The number of carbonyl (C=O) groups is 2. The highest BCUT2D eigenvalue weighted by molar-refractivity contribution is 5.85. The van der Waals surface area contributed by atoms with E-state index in [0.29, 0.717) is 13.0 Å². The van der Waals surface area contributed by atoms with Crippen molar-refractivity contribution in [2.24, 2.45) is 0 Å². The van der Waals surface area contributed by atoms with E-state index in [4.69, 9.17) is 4.74 Å². The van der Waals surface area contributed by atoms with Crippen LogP contribution in [0.3, 0.4) is 0 Å². The molecule has 172 valence electrons. The van der Waals surface area contributed by atoms with Crippen LogP contribution in [0.2, 0.25) is 0 Å². The van der Waals surface area contributed by atoms with Crippen molar-refractivity contribution in [2.75, 3.05) is 13.2 Å². The van der Waals surface area contributed by atoms with Crippen molar-refractivity contribution in [3.63, 3.8) is 0 Å². The number of ether oxygens (including phenoxy) is 1. The average Bonchev–Trinajstić information content (AvgIpc) is 3.14. The Labute approximate surface area is 191 Å². The average molecular weight is 437 g/mol. The van der Waals surface area contributed by atoms with Crippen molar-refractivity contribution in [3.05, 3.63) is 59.7 Å². The zero-order chi connectivity index (χ0) is 22.8. The van der Waals surface area contributed by atoms with Crippen LogP contribution in [0.5, 0.6) is 0 Å². The Bertz CT molecular complexity index is 850. The van der Waals surface area contributed by atoms with Crippen molar-refractivity contribution >= 4 is 12.0 Å². The van der Waals surface area contributed by atoms with E-state index in [1.807, 2.05) is 24.3 Å². The highest BCUT2D eigenvalue weighted by atomic mass is 16.5. The van der Waals surface area contributed by atoms with Gasteiger partial charge in [0.1, 0.15) is 12.6 Å². The number of alkyl carbamates (subject to hydrolysis) is 1. The predicted molar refractivity (Wildman–Crippen MR) is 129 cm³/mol. The molecule has 1 aliphatic rings. The lowest BCUT2D eigenvalue weighted by atomic mass is 9.98. The molecule has 2 N–H and O–H groups in total. The normalized spacial score (nSPS) is 13.2. The SMILES string of the molecule is CCCCCCNC(=O)[C@H](CCCC)NC(=O)OCC1c2ccccc2-c2ccccc21. The molecule has 5 heteroatoms. The van der Waals surface area contributed by atoms with E-state index in [2.05, 4.69) is 48.7 Å². The Hall–Kier alpha value is -2.82. The first kappa shape index (κ1) is 23.8. The van der Waals surface area contributed by atoms with Gasteiger partial charge in [0.05, 0.1) is 0 Å². The topological polar surface area (TPSA) is 67.4 Å². The molecule has 0 saturated heterocycles. The fourth-order valence-electron chi connectivity index (χ4n) is 4.35. The molecule has 0 radical (unpaired) electrons. The van der Waals surface area contributed by atoms with Gasteiger partial charge in [0.25, 0.3) is 0 Å². The number of carbonyl (C=O) groups excluding carboxylic acids is 2. The molecule has 0 bridgehead atoms. The summed E-state index contributed by atoms with van der Waals surface area (Å²) >= 11 is 0. The first-order chi connectivity index (χ1) is 15.7. The van der Waals surface area contributed by atoms with Gasteiger partial charge in [-0.3, -0.25) is 4.79 Å². The monoisotopic (exact) mass is 436 g/mol. The molecule has 0 fully saturated rings. The van der Waals surface area contributed by atoms with Crippen molar-refractivity contribution < 1.29 is 14.3 Å². The Balaban J connectivity index is 1.56. The van der Waals surface area contributed by atoms with E-state index >= 15 is 0 Å². The van der Waals surface area contributed by atoms with Gasteiger partial charge in [-0.25, -0.2) is 4.79 Å². The smallest absolute Gasteiger partial charge is 0.407 e. The standard InChI is InChI=1S/C27H36N2O3/c1-3-5-7-12-18-28-26(30)25(17-6-4-2)29-27(31)32-19-24-22-15-10-8-13-20(22)21-14-9-11-16-23(21)24/h8-11,13-16,24-25H,3-7,12,17-19H2,1-2H3,(H,28,30)(H,29,31)/t25-/m0/s1. The number of nitrogens with one attached hydrogen (secondary N) is 2. The summed E-state index contributed by atoms with van der Waals surface area (Å²) in [7, 11) is 0. The maximum Gasteiger partial charge on any atom is 0.407 e.